The van der Waals surface area contributed by atoms with E-state index in [9.17, 15) is 4.39 Å². The Morgan fingerprint density at radius 2 is 1.88 bits per heavy atom. The second-order valence-electron chi connectivity index (χ2n) is 6.66. The Balaban J connectivity index is 1.73. The lowest BCUT2D eigenvalue weighted by Crippen LogP contribution is -2.23. The second kappa shape index (κ2) is 8.74. The summed E-state index contributed by atoms with van der Waals surface area (Å²) < 4.78 is 15.2. The summed E-state index contributed by atoms with van der Waals surface area (Å²) in [5.41, 5.74) is 1.15. The lowest BCUT2D eigenvalue weighted by Gasteiger charge is -2.30. The van der Waals surface area contributed by atoms with E-state index < -0.39 is 0 Å². The molecule has 3 aromatic rings. The number of imidazole rings is 1. The molecule has 0 radical (unpaired) electrons. The molecule has 0 amide bonds. The third kappa shape index (κ3) is 5.36. The highest BCUT2D eigenvalue weighted by Gasteiger charge is 2.26. The van der Waals surface area contributed by atoms with Crippen molar-refractivity contribution in [2.24, 2.45) is 0 Å². The van der Waals surface area contributed by atoms with Crippen molar-refractivity contribution in [2.45, 2.75) is 42.4 Å². The minimum atomic E-state index is -0.193. The molecular weight excluding hydrogens is 367 g/mol. The number of nitrogens with zero attached hydrogens (tertiary/aromatic N) is 2. The molecule has 0 bridgehead atoms. The van der Waals surface area contributed by atoms with Crippen LogP contribution in [0.25, 0.3) is 0 Å². The molecule has 5 heteroatoms. The largest absolute Gasteiger partial charge is 0.337 e. The van der Waals surface area contributed by atoms with Gasteiger partial charge in [-0.25, -0.2) is 9.37 Å². The van der Waals surface area contributed by atoms with E-state index in [1.807, 2.05) is 54.6 Å². The molecule has 1 aromatic heterocycles. The number of halogens is 2. The van der Waals surface area contributed by atoms with Crippen molar-refractivity contribution in [2.75, 3.05) is 0 Å². The standard InChI is InChI=1S/C21H22ClFN2S/c1-21(12-14-25-15-13-24-16-25,26-20-5-3-2-4-19(20)22)11-10-17-6-8-18(23)9-7-17/h2-9,13,15-16H,10-12,14H2,1H3. The third-order valence-electron chi connectivity index (χ3n) is 4.51. The van der Waals surface area contributed by atoms with Crippen LogP contribution < -0.4 is 0 Å². The van der Waals surface area contributed by atoms with Crippen LogP contribution in [0.1, 0.15) is 25.3 Å². The zero-order valence-corrected chi connectivity index (χ0v) is 16.3. The topological polar surface area (TPSA) is 17.8 Å². The summed E-state index contributed by atoms with van der Waals surface area (Å²) in [6.45, 7) is 3.18. The Labute approximate surface area is 163 Å². The van der Waals surface area contributed by atoms with Crippen LogP contribution in [0.5, 0.6) is 0 Å². The fourth-order valence-corrected chi connectivity index (χ4v) is 4.36. The van der Waals surface area contributed by atoms with Gasteiger partial charge in [-0.05, 0) is 49.1 Å². The van der Waals surface area contributed by atoms with E-state index >= 15 is 0 Å². The van der Waals surface area contributed by atoms with Crippen molar-refractivity contribution in [3.63, 3.8) is 0 Å². The van der Waals surface area contributed by atoms with Gasteiger partial charge in [0.1, 0.15) is 5.82 Å². The van der Waals surface area contributed by atoms with E-state index in [4.69, 9.17) is 11.6 Å². The smallest absolute Gasteiger partial charge is 0.123 e. The Kier molecular flexibility index (Phi) is 6.38. The molecule has 1 heterocycles. The molecule has 0 N–H and O–H groups in total. The maximum atomic E-state index is 13.1. The van der Waals surface area contributed by atoms with Gasteiger partial charge in [-0.2, -0.15) is 0 Å². The molecule has 0 spiro atoms. The minimum Gasteiger partial charge on any atom is -0.337 e. The zero-order valence-electron chi connectivity index (χ0n) is 14.7. The summed E-state index contributed by atoms with van der Waals surface area (Å²) in [4.78, 5) is 5.22. The van der Waals surface area contributed by atoms with E-state index in [0.717, 1.165) is 41.3 Å². The van der Waals surface area contributed by atoms with E-state index in [0.29, 0.717) is 0 Å². The number of hydrogen-bond acceptors (Lipinski definition) is 2. The van der Waals surface area contributed by atoms with Crippen molar-refractivity contribution in [3.8, 4) is 0 Å². The highest BCUT2D eigenvalue weighted by atomic mass is 35.5. The van der Waals surface area contributed by atoms with Gasteiger partial charge in [0.15, 0.2) is 0 Å². The first-order valence-electron chi connectivity index (χ1n) is 8.68. The van der Waals surface area contributed by atoms with Crippen molar-refractivity contribution in [1.29, 1.82) is 0 Å². The minimum absolute atomic E-state index is 0.00362. The Hall–Kier alpha value is -1.78. The highest BCUT2D eigenvalue weighted by Crippen LogP contribution is 2.42. The monoisotopic (exact) mass is 388 g/mol. The first kappa shape index (κ1) is 19.0. The molecule has 0 aliphatic heterocycles. The maximum Gasteiger partial charge on any atom is 0.123 e. The molecule has 1 unspecified atom stereocenters. The zero-order chi connectivity index (χ0) is 18.4. The number of rotatable bonds is 8. The fraction of sp³-hybridized carbons (Fsp3) is 0.286. The first-order valence-corrected chi connectivity index (χ1v) is 9.87. The number of benzene rings is 2. The van der Waals surface area contributed by atoms with Gasteiger partial charge in [0.2, 0.25) is 0 Å². The van der Waals surface area contributed by atoms with E-state index in [1.165, 1.54) is 12.1 Å². The number of aryl methyl sites for hydroxylation is 2. The predicted molar refractivity (Wildman–Crippen MR) is 107 cm³/mol. The molecule has 2 nitrogen and oxygen atoms in total. The van der Waals surface area contributed by atoms with E-state index in [1.54, 1.807) is 6.20 Å². The summed E-state index contributed by atoms with van der Waals surface area (Å²) in [5, 5.41) is 0.785. The average molecular weight is 389 g/mol. The normalized spacial score (nSPS) is 13.5. The molecule has 0 fully saturated rings. The quantitative estimate of drug-likeness (QED) is 0.424. The predicted octanol–water partition coefficient (Wildman–Crippen LogP) is 6.25. The van der Waals surface area contributed by atoms with Gasteiger partial charge in [0, 0.05) is 28.6 Å². The number of hydrogen-bond donors (Lipinski definition) is 0. The Morgan fingerprint density at radius 1 is 1.12 bits per heavy atom. The second-order valence-corrected chi connectivity index (χ2v) is 8.70. The van der Waals surface area contributed by atoms with Crippen molar-refractivity contribution in [3.05, 3.63) is 83.7 Å². The number of thioether (sulfide) groups is 1. The van der Waals surface area contributed by atoms with E-state index in [2.05, 4.69) is 22.5 Å². The van der Waals surface area contributed by atoms with Gasteiger partial charge in [0.25, 0.3) is 0 Å². The van der Waals surface area contributed by atoms with Crippen molar-refractivity contribution >= 4 is 23.4 Å². The number of aromatic nitrogens is 2. The first-order chi connectivity index (χ1) is 12.5. The van der Waals surface area contributed by atoms with Crippen molar-refractivity contribution in [1.82, 2.24) is 9.55 Å². The van der Waals surface area contributed by atoms with Gasteiger partial charge in [-0.1, -0.05) is 42.8 Å². The van der Waals surface area contributed by atoms with Gasteiger partial charge >= 0.3 is 0 Å². The van der Waals surface area contributed by atoms with Gasteiger partial charge < -0.3 is 4.57 Å². The van der Waals surface area contributed by atoms with Gasteiger partial charge in [-0.15, -0.1) is 11.8 Å². The molecule has 0 saturated carbocycles. The van der Waals surface area contributed by atoms with Crippen LogP contribution in [0.4, 0.5) is 4.39 Å². The van der Waals surface area contributed by atoms with Crippen molar-refractivity contribution < 1.29 is 4.39 Å². The molecule has 136 valence electrons. The summed E-state index contributed by atoms with van der Waals surface area (Å²) >= 11 is 8.21. The average Bonchev–Trinajstić information content (AvgIpc) is 3.16. The molecule has 26 heavy (non-hydrogen) atoms. The Morgan fingerprint density at radius 3 is 2.58 bits per heavy atom. The SMILES string of the molecule is CC(CCc1ccc(F)cc1)(CCn1ccnc1)Sc1ccccc1Cl. The van der Waals surface area contributed by atoms with Crippen LogP contribution in [-0.4, -0.2) is 14.3 Å². The molecule has 3 rings (SSSR count). The summed E-state index contributed by atoms with van der Waals surface area (Å²) in [5.74, 6) is -0.193. The van der Waals surface area contributed by atoms with Gasteiger partial charge in [0.05, 0.1) is 11.3 Å². The summed E-state index contributed by atoms with van der Waals surface area (Å²) in [6, 6.07) is 14.8. The lowest BCUT2D eigenvalue weighted by atomic mass is 9.97. The molecular formula is C21H22ClFN2S. The molecule has 1 atom stereocenters. The Bertz CT molecular complexity index is 820. The van der Waals surface area contributed by atoms with Crippen LogP contribution in [0, 0.1) is 5.82 Å². The molecule has 0 aliphatic rings. The molecule has 0 saturated heterocycles. The van der Waals surface area contributed by atoms with Gasteiger partial charge in [-0.3, -0.25) is 0 Å². The summed E-state index contributed by atoms with van der Waals surface area (Å²) in [7, 11) is 0. The summed E-state index contributed by atoms with van der Waals surface area (Å²) in [6.07, 6.45) is 8.50. The van der Waals surface area contributed by atoms with Crippen LogP contribution in [0.3, 0.4) is 0 Å². The van der Waals surface area contributed by atoms with Crippen LogP contribution >= 0.6 is 23.4 Å². The third-order valence-corrected chi connectivity index (χ3v) is 6.43. The van der Waals surface area contributed by atoms with E-state index in [-0.39, 0.29) is 10.6 Å². The lowest BCUT2D eigenvalue weighted by molar-refractivity contribution is 0.492. The molecule has 2 aromatic carbocycles. The maximum absolute atomic E-state index is 13.1. The van der Waals surface area contributed by atoms with Crippen LogP contribution in [-0.2, 0) is 13.0 Å². The van der Waals surface area contributed by atoms with Crippen LogP contribution in [0.15, 0.2) is 72.1 Å². The fourth-order valence-electron chi connectivity index (χ4n) is 2.86. The molecule has 0 aliphatic carbocycles. The highest BCUT2D eigenvalue weighted by molar-refractivity contribution is 8.00. The van der Waals surface area contributed by atoms with Crippen LogP contribution in [0.2, 0.25) is 5.02 Å².